The van der Waals surface area contributed by atoms with Crippen LogP contribution in [0.3, 0.4) is 0 Å². The molecule has 0 fully saturated rings. The number of unbranched alkanes of at least 4 members (excludes halogenated alkanes) is 2. The number of esters is 1. The number of aromatic nitrogens is 2. The lowest BCUT2D eigenvalue weighted by atomic mass is 10.1. The van der Waals surface area contributed by atoms with Crippen LogP contribution < -0.4 is 5.32 Å². The summed E-state index contributed by atoms with van der Waals surface area (Å²) in [5.74, 6) is -1.13. The van der Waals surface area contributed by atoms with Gasteiger partial charge in [-0.3, -0.25) is 19.3 Å². The number of carbonyl (C=O) groups excluding carboxylic acids is 4. The zero-order chi connectivity index (χ0) is 24.8. The van der Waals surface area contributed by atoms with Crippen LogP contribution in [0.4, 0.5) is 5.82 Å². The molecule has 0 saturated heterocycles. The van der Waals surface area contributed by atoms with E-state index in [1.165, 1.54) is 15.8 Å². The highest BCUT2D eigenvalue weighted by Crippen LogP contribution is 2.24. The average molecular weight is 475 g/mol. The first-order valence-corrected chi connectivity index (χ1v) is 11.6. The maximum atomic E-state index is 12.7. The summed E-state index contributed by atoms with van der Waals surface area (Å²) < 4.78 is 6.59. The number of nitrogens with zero attached hydrogens (tertiary/aromatic N) is 3. The van der Waals surface area contributed by atoms with Crippen molar-refractivity contribution in [2.75, 3.05) is 18.5 Å². The van der Waals surface area contributed by atoms with E-state index in [1.807, 2.05) is 30.3 Å². The summed E-state index contributed by atoms with van der Waals surface area (Å²) in [7, 11) is 0. The summed E-state index contributed by atoms with van der Waals surface area (Å²) >= 11 is 0. The van der Waals surface area contributed by atoms with Crippen LogP contribution in [0.5, 0.6) is 0 Å². The highest BCUT2D eigenvalue weighted by Gasteiger charge is 2.34. The fourth-order valence-electron chi connectivity index (χ4n) is 3.96. The Morgan fingerprint density at radius 1 is 0.914 bits per heavy atom. The summed E-state index contributed by atoms with van der Waals surface area (Å²) in [6, 6.07) is 16.0. The first-order valence-electron chi connectivity index (χ1n) is 11.6. The van der Waals surface area contributed by atoms with E-state index in [4.69, 9.17) is 4.74 Å². The second kappa shape index (κ2) is 10.8. The van der Waals surface area contributed by atoms with Gasteiger partial charge in [-0.1, -0.05) is 36.8 Å². The Hall–Kier alpha value is -4.27. The third-order valence-corrected chi connectivity index (χ3v) is 5.69. The number of nitrogens with one attached hydrogen (secondary N) is 1. The Balaban J connectivity index is 1.32. The van der Waals surface area contributed by atoms with E-state index in [-0.39, 0.29) is 42.1 Å². The predicted molar refractivity (Wildman–Crippen MR) is 128 cm³/mol. The van der Waals surface area contributed by atoms with Crippen molar-refractivity contribution in [3.8, 4) is 5.69 Å². The lowest BCUT2D eigenvalue weighted by Crippen LogP contribution is -2.30. The van der Waals surface area contributed by atoms with Gasteiger partial charge in [0, 0.05) is 13.0 Å². The van der Waals surface area contributed by atoms with Gasteiger partial charge in [0.1, 0.15) is 5.56 Å². The third-order valence-electron chi connectivity index (χ3n) is 5.69. The molecule has 0 saturated carbocycles. The third kappa shape index (κ3) is 5.13. The van der Waals surface area contributed by atoms with E-state index in [9.17, 15) is 19.2 Å². The molecule has 0 aliphatic carbocycles. The van der Waals surface area contributed by atoms with Crippen molar-refractivity contribution in [1.29, 1.82) is 0 Å². The van der Waals surface area contributed by atoms with Crippen molar-refractivity contribution in [2.24, 2.45) is 0 Å². The van der Waals surface area contributed by atoms with Gasteiger partial charge in [-0.05, 0) is 44.0 Å². The number of anilines is 1. The lowest BCUT2D eigenvalue weighted by molar-refractivity contribution is -0.116. The maximum absolute atomic E-state index is 12.7. The SMILES string of the molecule is CCOC(=O)c1cnn(-c2ccccc2)c1NC(=O)CCCCCN1C(=O)c2ccccc2C1=O. The van der Waals surface area contributed by atoms with Crippen LogP contribution in [0.2, 0.25) is 0 Å². The summed E-state index contributed by atoms with van der Waals surface area (Å²) in [5.41, 5.74) is 1.74. The second-order valence-electron chi connectivity index (χ2n) is 8.04. The first kappa shape index (κ1) is 23.9. The highest BCUT2D eigenvalue weighted by molar-refractivity contribution is 6.21. The van der Waals surface area contributed by atoms with E-state index in [0.29, 0.717) is 42.6 Å². The topological polar surface area (TPSA) is 111 Å². The van der Waals surface area contributed by atoms with E-state index in [1.54, 1.807) is 31.2 Å². The van der Waals surface area contributed by atoms with Gasteiger partial charge in [0.25, 0.3) is 11.8 Å². The normalized spacial score (nSPS) is 12.5. The van der Waals surface area contributed by atoms with Crippen LogP contribution in [0.25, 0.3) is 5.69 Å². The molecule has 1 aliphatic rings. The van der Waals surface area contributed by atoms with Gasteiger partial charge in [0.2, 0.25) is 5.91 Å². The number of hydrogen-bond donors (Lipinski definition) is 1. The number of hydrogen-bond acceptors (Lipinski definition) is 6. The zero-order valence-corrected chi connectivity index (χ0v) is 19.4. The molecule has 3 amide bonds. The van der Waals surface area contributed by atoms with Crippen LogP contribution in [-0.4, -0.2) is 51.5 Å². The molecule has 1 aliphatic heterocycles. The van der Waals surface area contributed by atoms with Crippen molar-refractivity contribution < 1.29 is 23.9 Å². The van der Waals surface area contributed by atoms with Crippen molar-refractivity contribution in [1.82, 2.24) is 14.7 Å². The number of carbonyl (C=O) groups is 4. The fourth-order valence-corrected chi connectivity index (χ4v) is 3.96. The van der Waals surface area contributed by atoms with Crippen LogP contribution in [0.1, 0.15) is 63.7 Å². The maximum Gasteiger partial charge on any atom is 0.343 e. The predicted octanol–water partition coefficient (Wildman–Crippen LogP) is 3.84. The van der Waals surface area contributed by atoms with E-state index < -0.39 is 5.97 Å². The van der Waals surface area contributed by atoms with Crippen molar-refractivity contribution in [3.05, 3.63) is 77.5 Å². The molecule has 1 N–H and O–H groups in total. The van der Waals surface area contributed by atoms with Gasteiger partial charge < -0.3 is 10.1 Å². The molecule has 0 bridgehead atoms. The molecule has 180 valence electrons. The number of benzene rings is 2. The van der Waals surface area contributed by atoms with Gasteiger partial charge in [-0.25, -0.2) is 9.48 Å². The zero-order valence-electron chi connectivity index (χ0n) is 19.4. The minimum Gasteiger partial charge on any atom is -0.462 e. The number of amides is 3. The van der Waals surface area contributed by atoms with Crippen molar-refractivity contribution >= 4 is 29.5 Å². The Morgan fingerprint density at radius 3 is 2.23 bits per heavy atom. The molecule has 0 unspecified atom stereocenters. The van der Waals surface area contributed by atoms with Crippen molar-refractivity contribution in [3.63, 3.8) is 0 Å². The van der Waals surface area contributed by atoms with Crippen LogP contribution >= 0.6 is 0 Å². The molecule has 0 radical (unpaired) electrons. The smallest absolute Gasteiger partial charge is 0.343 e. The molecule has 2 heterocycles. The molecule has 3 aromatic rings. The Morgan fingerprint density at radius 2 is 1.57 bits per heavy atom. The second-order valence-corrected chi connectivity index (χ2v) is 8.04. The summed E-state index contributed by atoms with van der Waals surface area (Å²) in [6.07, 6.45) is 3.40. The summed E-state index contributed by atoms with van der Waals surface area (Å²) in [5, 5.41) is 7.06. The molecule has 1 aromatic heterocycles. The molecule has 0 spiro atoms. The quantitative estimate of drug-likeness (QED) is 0.272. The molecule has 35 heavy (non-hydrogen) atoms. The lowest BCUT2D eigenvalue weighted by Gasteiger charge is -2.13. The number of ether oxygens (including phenoxy) is 1. The van der Waals surface area contributed by atoms with Gasteiger partial charge in [0.15, 0.2) is 5.82 Å². The van der Waals surface area contributed by atoms with Crippen LogP contribution in [0, 0.1) is 0 Å². The standard InChI is InChI=1S/C26H26N4O5/c1-2-35-26(34)21-17-27-30(18-11-5-3-6-12-18)23(21)28-22(31)15-7-4-10-16-29-24(32)19-13-8-9-14-20(19)25(29)33/h3,5-6,8-9,11-14,17H,2,4,7,10,15-16H2,1H3,(H,28,31). The molecule has 9 heteroatoms. The van der Waals surface area contributed by atoms with E-state index in [0.717, 1.165) is 0 Å². The highest BCUT2D eigenvalue weighted by atomic mass is 16.5. The van der Waals surface area contributed by atoms with Crippen molar-refractivity contribution in [2.45, 2.75) is 32.6 Å². The molecular weight excluding hydrogens is 448 g/mol. The number of rotatable bonds is 10. The van der Waals surface area contributed by atoms with Crippen LogP contribution in [-0.2, 0) is 9.53 Å². The van der Waals surface area contributed by atoms with E-state index >= 15 is 0 Å². The minimum atomic E-state index is -0.564. The van der Waals surface area contributed by atoms with Crippen LogP contribution in [0.15, 0.2) is 60.8 Å². The number of fused-ring (bicyclic) bond motifs is 1. The van der Waals surface area contributed by atoms with Gasteiger partial charge in [-0.2, -0.15) is 5.10 Å². The number of imide groups is 1. The Bertz CT molecular complexity index is 1220. The Kier molecular flexibility index (Phi) is 7.35. The fraction of sp³-hybridized carbons (Fsp3) is 0.269. The number of para-hydroxylation sites is 1. The average Bonchev–Trinajstić information content (AvgIpc) is 3.39. The molecular formula is C26H26N4O5. The monoisotopic (exact) mass is 474 g/mol. The van der Waals surface area contributed by atoms with Gasteiger partial charge >= 0.3 is 5.97 Å². The minimum absolute atomic E-state index is 0.176. The largest absolute Gasteiger partial charge is 0.462 e. The molecule has 4 rings (SSSR count). The summed E-state index contributed by atoms with van der Waals surface area (Å²) in [6.45, 7) is 2.22. The molecule has 0 atom stereocenters. The Labute approximate surface area is 202 Å². The first-order chi connectivity index (χ1) is 17.0. The summed E-state index contributed by atoms with van der Waals surface area (Å²) in [4.78, 5) is 51.2. The van der Waals surface area contributed by atoms with Gasteiger partial charge in [-0.15, -0.1) is 0 Å². The molecule has 2 aromatic carbocycles. The van der Waals surface area contributed by atoms with Gasteiger partial charge in [0.05, 0.1) is 29.6 Å². The van der Waals surface area contributed by atoms with E-state index in [2.05, 4.69) is 10.4 Å². The molecule has 9 nitrogen and oxygen atoms in total.